The van der Waals surface area contributed by atoms with Crippen LogP contribution in [0.15, 0.2) is 4.99 Å². The molecule has 0 aromatic heterocycles. The van der Waals surface area contributed by atoms with Gasteiger partial charge in [-0.15, -0.1) is 0 Å². The largest absolute Gasteiger partial charge is 0.405 e. The fourth-order valence-corrected chi connectivity index (χ4v) is 0.728. The molecule has 0 saturated heterocycles. The molecule has 0 bridgehead atoms. The third-order valence-corrected chi connectivity index (χ3v) is 1.09. The smallest absolute Gasteiger partial charge is 0.344 e. The van der Waals surface area contributed by atoms with E-state index in [-0.39, 0.29) is 6.54 Å². The van der Waals surface area contributed by atoms with E-state index >= 15 is 0 Å². The SMILES string of the molecule is O=C1CN(CC(F)(F)F)C=N1. The van der Waals surface area contributed by atoms with Gasteiger partial charge in [0.15, 0.2) is 0 Å². The first-order chi connectivity index (χ1) is 4.97. The monoisotopic (exact) mass is 166 g/mol. The molecule has 0 aromatic rings. The van der Waals surface area contributed by atoms with Gasteiger partial charge in [0.05, 0.1) is 6.34 Å². The number of nitrogens with zero attached hydrogens (tertiary/aromatic N) is 2. The Balaban J connectivity index is 2.42. The van der Waals surface area contributed by atoms with Gasteiger partial charge in [-0.05, 0) is 0 Å². The van der Waals surface area contributed by atoms with Crippen LogP contribution in [0.3, 0.4) is 0 Å². The zero-order valence-electron chi connectivity index (χ0n) is 5.43. The highest BCUT2D eigenvalue weighted by Gasteiger charge is 2.31. The highest BCUT2D eigenvalue weighted by atomic mass is 19.4. The number of amides is 1. The van der Waals surface area contributed by atoms with Gasteiger partial charge in [-0.1, -0.05) is 0 Å². The van der Waals surface area contributed by atoms with E-state index in [0.717, 1.165) is 11.2 Å². The van der Waals surface area contributed by atoms with Crippen molar-refractivity contribution in [3.63, 3.8) is 0 Å². The van der Waals surface area contributed by atoms with Gasteiger partial charge in [0.1, 0.15) is 13.1 Å². The molecule has 1 rings (SSSR count). The Morgan fingerprint density at radius 2 is 2.27 bits per heavy atom. The third kappa shape index (κ3) is 2.57. The molecule has 0 saturated carbocycles. The van der Waals surface area contributed by atoms with Crippen LogP contribution >= 0.6 is 0 Å². The van der Waals surface area contributed by atoms with Crippen LogP contribution < -0.4 is 0 Å². The van der Waals surface area contributed by atoms with E-state index in [1.165, 1.54) is 0 Å². The van der Waals surface area contributed by atoms with Crippen molar-refractivity contribution in [3.05, 3.63) is 0 Å². The van der Waals surface area contributed by atoms with Crippen molar-refractivity contribution >= 4 is 12.2 Å². The summed E-state index contributed by atoms with van der Waals surface area (Å²) in [5, 5.41) is 0. The van der Waals surface area contributed by atoms with E-state index < -0.39 is 18.6 Å². The molecule has 1 heterocycles. The van der Waals surface area contributed by atoms with Gasteiger partial charge >= 0.3 is 6.18 Å². The van der Waals surface area contributed by atoms with Crippen molar-refractivity contribution in [2.75, 3.05) is 13.1 Å². The average Bonchev–Trinajstić information content (AvgIpc) is 2.10. The van der Waals surface area contributed by atoms with Crippen LogP contribution in [0, 0.1) is 0 Å². The number of aliphatic imine (C=N–C) groups is 1. The second-order valence-corrected chi connectivity index (χ2v) is 2.16. The Hall–Kier alpha value is -1.07. The number of alkyl halides is 3. The van der Waals surface area contributed by atoms with E-state index in [0.29, 0.717) is 0 Å². The summed E-state index contributed by atoms with van der Waals surface area (Å²) in [6.07, 6.45) is -3.35. The van der Waals surface area contributed by atoms with Gasteiger partial charge < -0.3 is 4.90 Å². The minimum atomic E-state index is -4.27. The zero-order valence-corrected chi connectivity index (χ0v) is 5.43. The predicted molar refractivity (Wildman–Crippen MR) is 31.1 cm³/mol. The van der Waals surface area contributed by atoms with Crippen molar-refractivity contribution in [1.82, 2.24) is 4.90 Å². The molecule has 0 unspecified atom stereocenters. The first kappa shape index (κ1) is 8.03. The minimum Gasteiger partial charge on any atom is -0.344 e. The lowest BCUT2D eigenvalue weighted by Gasteiger charge is -2.14. The van der Waals surface area contributed by atoms with Crippen LogP contribution in [-0.4, -0.2) is 36.4 Å². The summed E-state index contributed by atoms with van der Waals surface area (Å²) in [7, 11) is 0. The summed E-state index contributed by atoms with van der Waals surface area (Å²) < 4.78 is 34.9. The Kier molecular flexibility index (Phi) is 1.84. The highest BCUT2D eigenvalue weighted by molar-refractivity contribution is 5.91. The molecule has 0 spiro atoms. The first-order valence-electron chi connectivity index (χ1n) is 2.85. The van der Waals surface area contributed by atoms with Crippen LogP contribution in [0.4, 0.5) is 13.2 Å². The van der Waals surface area contributed by atoms with Crippen LogP contribution in [0.1, 0.15) is 0 Å². The second-order valence-electron chi connectivity index (χ2n) is 2.16. The second kappa shape index (κ2) is 2.52. The Bertz CT molecular complexity index is 198. The minimum absolute atomic E-state index is 0.264. The van der Waals surface area contributed by atoms with Crippen LogP contribution in [0.2, 0.25) is 0 Å². The average molecular weight is 166 g/mol. The lowest BCUT2D eigenvalue weighted by molar-refractivity contribution is -0.138. The molecule has 0 atom stereocenters. The number of carbonyl (C=O) groups is 1. The van der Waals surface area contributed by atoms with Crippen LogP contribution in [0.5, 0.6) is 0 Å². The summed E-state index contributed by atoms with van der Waals surface area (Å²) in [5.41, 5.74) is 0. The van der Waals surface area contributed by atoms with Gasteiger partial charge in [0, 0.05) is 0 Å². The standard InChI is InChI=1S/C5H5F3N2O/c6-5(7,8)2-10-1-4(11)9-3-10/h3H,1-2H2. The van der Waals surface area contributed by atoms with Crippen molar-refractivity contribution in [2.24, 2.45) is 4.99 Å². The van der Waals surface area contributed by atoms with E-state index in [9.17, 15) is 18.0 Å². The molecule has 0 radical (unpaired) electrons. The molecule has 0 N–H and O–H groups in total. The van der Waals surface area contributed by atoms with Crippen molar-refractivity contribution in [2.45, 2.75) is 6.18 Å². The molecule has 62 valence electrons. The van der Waals surface area contributed by atoms with Gasteiger partial charge in [-0.2, -0.15) is 13.2 Å². The third-order valence-electron chi connectivity index (χ3n) is 1.09. The zero-order chi connectivity index (χ0) is 8.48. The van der Waals surface area contributed by atoms with Gasteiger partial charge in [-0.3, -0.25) is 4.79 Å². The number of carbonyl (C=O) groups excluding carboxylic acids is 1. The summed E-state index contributed by atoms with van der Waals surface area (Å²) in [5.74, 6) is -0.533. The highest BCUT2D eigenvalue weighted by Crippen LogP contribution is 2.16. The fraction of sp³-hybridized carbons (Fsp3) is 0.600. The first-order valence-corrected chi connectivity index (χ1v) is 2.85. The molecule has 0 aromatic carbocycles. The lowest BCUT2D eigenvalue weighted by Crippen LogP contribution is -2.32. The number of rotatable bonds is 1. The molecule has 1 aliphatic rings. The Labute approximate surface area is 60.5 Å². The summed E-state index contributed by atoms with van der Waals surface area (Å²) in [6, 6.07) is 0. The van der Waals surface area contributed by atoms with Gasteiger partial charge in [0.2, 0.25) is 0 Å². The number of hydrogen-bond acceptors (Lipinski definition) is 2. The molecule has 11 heavy (non-hydrogen) atoms. The fourth-order valence-electron chi connectivity index (χ4n) is 0.728. The molecule has 6 heteroatoms. The lowest BCUT2D eigenvalue weighted by atomic mass is 10.5. The van der Waals surface area contributed by atoms with E-state index in [1.54, 1.807) is 0 Å². The maximum Gasteiger partial charge on any atom is 0.405 e. The van der Waals surface area contributed by atoms with Crippen molar-refractivity contribution < 1.29 is 18.0 Å². The number of hydrogen-bond donors (Lipinski definition) is 0. The molecule has 0 aliphatic carbocycles. The topological polar surface area (TPSA) is 32.7 Å². The Morgan fingerprint density at radius 3 is 2.64 bits per heavy atom. The summed E-state index contributed by atoms with van der Waals surface area (Å²) in [4.78, 5) is 14.3. The maximum absolute atomic E-state index is 11.6. The molecule has 3 nitrogen and oxygen atoms in total. The summed E-state index contributed by atoms with van der Waals surface area (Å²) in [6.45, 7) is -1.37. The number of halogens is 3. The molecular weight excluding hydrogens is 161 g/mol. The Morgan fingerprint density at radius 1 is 1.64 bits per heavy atom. The van der Waals surface area contributed by atoms with E-state index in [4.69, 9.17) is 0 Å². The van der Waals surface area contributed by atoms with E-state index in [1.807, 2.05) is 0 Å². The van der Waals surface area contributed by atoms with Gasteiger partial charge in [0.25, 0.3) is 5.91 Å². The molecular formula is C5H5F3N2O. The normalized spacial score (nSPS) is 18.1. The maximum atomic E-state index is 11.6. The summed E-state index contributed by atoms with van der Waals surface area (Å²) >= 11 is 0. The molecule has 0 fully saturated rings. The van der Waals surface area contributed by atoms with Crippen LogP contribution in [-0.2, 0) is 4.79 Å². The van der Waals surface area contributed by atoms with E-state index in [2.05, 4.69) is 4.99 Å². The van der Waals surface area contributed by atoms with Crippen molar-refractivity contribution in [3.8, 4) is 0 Å². The quantitative estimate of drug-likeness (QED) is 0.565. The predicted octanol–water partition coefficient (Wildman–Crippen LogP) is 0.419. The van der Waals surface area contributed by atoms with Crippen LogP contribution in [0.25, 0.3) is 0 Å². The molecule has 1 amide bonds. The van der Waals surface area contributed by atoms with Crippen molar-refractivity contribution in [1.29, 1.82) is 0 Å². The molecule has 1 aliphatic heterocycles. The van der Waals surface area contributed by atoms with Gasteiger partial charge in [-0.25, -0.2) is 4.99 Å².